The summed E-state index contributed by atoms with van der Waals surface area (Å²) in [6.45, 7) is -0.00407. The third-order valence-corrected chi connectivity index (χ3v) is 3.10. The van der Waals surface area contributed by atoms with Crippen molar-refractivity contribution in [2.75, 3.05) is 13.7 Å². The Bertz CT molecular complexity index is 492. The monoisotopic (exact) mass is 297 g/mol. The number of carboxylic acid groups (broad SMARTS) is 1. The number of nitrogens with zero attached hydrogens (tertiary/aromatic N) is 1. The normalized spacial score (nSPS) is 16.0. The Morgan fingerprint density at radius 2 is 1.95 bits per heavy atom. The number of hydrogen-bond acceptors (Lipinski definition) is 6. The van der Waals surface area contributed by atoms with Gasteiger partial charge < -0.3 is 14.9 Å². The number of aliphatic hydroxyl groups excluding tert-OH is 1. The molecule has 0 aliphatic heterocycles. The zero-order valence-corrected chi connectivity index (χ0v) is 11.9. The van der Waals surface area contributed by atoms with Gasteiger partial charge in [0.25, 0.3) is 0 Å². The summed E-state index contributed by atoms with van der Waals surface area (Å²) in [6, 6.07) is 0. The van der Waals surface area contributed by atoms with E-state index < -0.39 is 11.9 Å². The van der Waals surface area contributed by atoms with Gasteiger partial charge in [-0.1, -0.05) is 0 Å². The van der Waals surface area contributed by atoms with Crippen molar-refractivity contribution >= 4 is 23.4 Å². The highest BCUT2D eigenvalue weighted by Crippen LogP contribution is 2.23. The first-order valence-corrected chi connectivity index (χ1v) is 6.73. The molecule has 2 N–H and O–H groups in total. The van der Waals surface area contributed by atoms with Crippen molar-refractivity contribution in [1.82, 2.24) is 0 Å². The summed E-state index contributed by atoms with van der Waals surface area (Å²) in [5.74, 6) is -1.72. The van der Waals surface area contributed by atoms with Crippen LogP contribution < -0.4 is 0 Å². The number of carbonyl (C=O) groups excluding carboxylic acids is 2. The first-order chi connectivity index (χ1) is 9.95. The van der Waals surface area contributed by atoms with Gasteiger partial charge in [0.2, 0.25) is 0 Å². The third kappa shape index (κ3) is 5.37. The van der Waals surface area contributed by atoms with E-state index in [0.29, 0.717) is 19.3 Å². The van der Waals surface area contributed by atoms with Gasteiger partial charge in [-0.05, 0) is 6.42 Å². The zero-order valence-electron chi connectivity index (χ0n) is 11.9. The van der Waals surface area contributed by atoms with Crippen LogP contribution in [0.2, 0.25) is 0 Å². The van der Waals surface area contributed by atoms with E-state index in [0.717, 1.165) is 0 Å². The second-order valence-corrected chi connectivity index (χ2v) is 4.65. The second kappa shape index (κ2) is 8.18. The minimum atomic E-state index is -1.00. The van der Waals surface area contributed by atoms with E-state index in [2.05, 4.69) is 9.73 Å². The van der Waals surface area contributed by atoms with Crippen molar-refractivity contribution in [3.63, 3.8) is 0 Å². The number of allylic oxidation sites excluding steroid dienone is 2. The largest absolute Gasteiger partial charge is 0.511 e. The molecule has 0 fully saturated rings. The summed E-state index contributed by atoms with van der Waals surface area (Å²) in [4.78, 5) is 37.7. The fourth-order valence-electron chi connectivity index (χ4n) is 2.05. The topological polar surface area (TPSA) is 113 Å². The number of aliphatic imine (C=N–C) groups is 1. The number of methoxy groups -OCH3 is 1. The van der Waals surface area contributed by atoms with Crippen LogP contribution in [0.25, 0.3) is 0 Å². The number of esters is 1. The molecule has 1 rings (SSSR count). The molecule has 0 atom stereocenters. The Morgan fingerprint density at radius 1 is 1.24 bits per heavy atom. The molecule has 0 aromatic carbocycles. The minimum Gasteiger partial charge on any atom is -0.511 e. The first-order valence-electron chi connectivity index (χ1n) is 6.73. The lowest BCUT2D eigenvalue weighted by Gasteiger charge is -2.17. The van der Waals surface area contributed by atoms with Gasteiger partial charge in [0.05, 0.1) is 25.5 Å². The van der Waals surface area contributed by atoms with Gasteiger partial charge in [-0.2, -0.15) is 0 Å². The maximum atomic E-state index is 11.9. The number of aliphatic carboxylic acids is 1. The van der Waals surface area contributed by atoms with Crippen LogP contribution in [0.15, 0.2) is 16.3 Å². The number of rotatable bonds is 7. The Morgan fingerprint density at radius 3 is 2.52 bits per heavy atom. The SMILES string of the molecule is COC(=O)CCC(=NCCC(=O)O)C1=C(O)CCCC1=O. The van der Waals surface area contributed by atoms with Gasteiger partial charge in [0.1, 0.15) is 5.76 Å². The van der Waals surface area contributed by atoms with Gasteiger partial charge in [-0.25, -0.2) is 0 Å². The molecule has 0 aromatic heterocycles. The molecule has 0 bridgehead atoms. The van der Waals surface area contributed by atoms with Crippen molar-refractivity contribution < 1.29 is 29.3 Å². The molecule has 0 saturated carbocycles. The Kier molecular flexibility index (Phi) is 6.58. The number of ether oxygens (including phenoxy) is 1. The molecule has 7 heteroatoms. The van der Waals surface area contributed by atoms with Gasteiger partial charge in [-0.15, -0.1) is 0 Å². The third-order valence-electron chi connectivity index (χ3n) is 3.10. The molecule has 21 heavy (non-hydrogen) atoms. The van der Waals surface area contributed by atoms with Gasteiger partial charge >= 0.3 is 11.9 Å². The molecule has 0 unspecified atom stereocenters. The number of Topliss-reactive ketones (excluding diaryl/α,β-unsaturated/α-hetero) is 1. The standard InChI is InChI=1S/C14H19NO6/c1-21-13(20)6-5-9(15-8-7-12(18)19)14-10(16)3-2-4-11(14)17/h16H,2-8H2,1H3,(H,18,19). The fourth-order valence-corrected chi connectivity index (χ4v) is 2.05. The van der Waals surface area contributed by atoms with Crippen molar-refractivity contribution in [2.24, 2.45) is 4.99 Å². The molecule has 0 radical (unpaired) electrons. The van der Waals surface area contributed by atoms with Gasteiger partial charge in [0, 0.05) is 31.5 Å². The Labute approximate surface area is 122 Å². The van der Waals surface area contributed by atoms with E-state index in [1.807, 2.05) is 0 Å². The highest BCUT2D eigenvalue weighted by Gasteiger charge is 2.25. The number of aliphatic hydroxyl groups is 1. The van der Waals surface area contributed by atoms with E-state index in [1.54, 1.807) is 0 Å². The van der Waals surface area contributed by atoms with E-state index >= 15 is 0 Å². The quantitative estimate of drug-likeness (QED) is 0.542. The molecule has 0 aromatic rings. The average molecular weight is 297 g/mol. The van der Waals surface area contributed by atoms with Crippen LogP contribution in [0.1, 0.15) is 38.5 Å². The van der Waals surface area contributed by atoms with Crippen LogP contribution in [-0.4, -0.2) is 47.3 Å². The van der Waals surface area contributed by atoms with Crippen LogP contribution in [0, 0.1) is 0 Å². The molecule has 0 amide bonds. The summed E-state index contributed by atoms with van der Waals surface area (Å²) < 4.78 is 4.53. The fraction of sp³-hybridized carbons (Fsp3) is 0.571. The predicted octanol–water partition coefficient (Wildman–Crippen LogP) is 1.42. The lowest BCUT2D eigenvalue weighted by molar-refractivity contribution is -0.140. The summed E-state index contributed by atoms with van der Waals surface area (Å²) in [5, 5.41) is 18.5. The van der Waals surface area contributed by atoms with Gasteiger partial charge in [0.15, 0.2) is 5.78 Å². The minimum absolute atomic E-state index is 0.00407. The van der Waals surface area contributed by atoms with Crippen LogP contribution in [0.5, 0.6) is 0 Å². The second-order valence-electron chi connectivity index (χ2n) is 4.65. The van der Waals surface area contributed by atoms with Crippen LogP contribution in [-0.2, 0) is 19.1 Å². The Hall–Kier alpha value is -2.18. The average Bonchev–Trinajstić information content (AvgIpc) is 2.43. The van der Waals surface area contributed by atoms with Crippen LogP contribution >= 0.6 is 0 Å². The van der Waals surface area contributed by atoms with Crippen LogP contribution in [0.4, 0.5) is 0 Å². The molecular formula is C14H19NO6. The van der Waals surface area contributed by atoms with Crippen molar-refractivity contribution in [3.05, 3.63) is 11.3 Å². The maximum Gasteiger partial charge on any atom is 0.305 e. The lowest BCUT2D eigenvalue weighted by Crippen LogP contribution is -2.21. The number of ketones is 1. The van der Waals surface area contributed by atoms with E-state index in [1.165, 1.54) is 7.11 Å². The molecular weight excluding hydrogens is 278 g/mol. The van der Waals surface area contributed by atoms with E-state index in [-0.39, 0.29) is 48.6 Å². The number of hydrogen-bond donors (Lipinski definition) is 2. The number of carboxylic acids is 1. The van der Waals surface area contributed by atoms with E-state index in [9.17, 15) is 19.5 Å². The Balaban J connectivity index is 2.91. The predicted molar refractivity (Wildman–Crippen MR) is 74.3 cm³/mol. The van der Waals surface area contributed by atoms with E-state index in [4.69, 9.17) is 5.11 Å². The smallest absolute Gasteiger partial charge is 0.305 e. The molecule has 1 aliphatic rings. The summed E-state index contributed by atoms with van der Waals surface area (Å²) in [6.07, 6.45) is 1.26. The van der Waals surface area contributed by atoms with Crippen molar-refractivity contribution in [1.29, 1.82) is 0 Å². The highest BCUT2D eigenvalue weighted by atomic mass is 16.5. The first kappa shape index (κ1) is 16.9. The summed E-state index contributed by atoms with van der Waals surface area (Å²) in [7, 11) is 1.26. The molecule has 0 saturated heterocycles. The van der Waals surface area contributed by atoms with Crippen molar-refractivity contribution in [3.8, 4) is 0 Å². The molecule has 0 heterocycles. The molecule has 116 valence electrons. The van der Waals surface area contributed by atoms with Gasteiger partial charge in [-0.3, -0.25) is 19.4 Å². The molecule has 0 spiro atoms. The highest BCUT2D eigenvalue weighted by molar-refractivity contribution is 6.23. The van der Waals surface area contributed by atoms with Crippen LogP contribution in [0.3, 0.4) is 0 Å². The lowest BCUT2D eigenvalue weighted by atomic mass is 9.91. The molecule has 7 nitrogen and oxygen atoms in total. The van der Waals surface area contributed by atoms with Crippen molar-refractivity contribution in [2.45, 2.75) is 38.5 Å². The number of carbonyl (C=O) groups is 3. The summed E-state index contributed by atoms with van der Waals surface area (Å²) in [5.41, 5.74) is 0.416. The molecule has 1 aliphatic carbocycles. The summed E-state index contributed by atoms with van der Waals surface area (Å²) >= 11 is 0. The zero-order chi connectivity index (χ0) is 15.8. The maximum absolute atomic E-state index is 11.9.